The number of nitrogens with zero attached hydrogens (tertiary/aromatic N) is 5. The summed E-state index contributed by atoms with van der Waals surface area (Å²) in [5.41, 5.74) is 2.23. The predicted octanol–water partition coefficient (Wildman–Crippen LogP) is 3.93. The van der Waals surface area contributed by atoms with Crippen LogP contribution >= 0.6 is 0 Å². The van der Waals surface area contributed by atoms with Gasteiger partial charge in [-0.25, -0.2) is 23.2 Å². The highest BCUT2D eigenvalue weighted by molar-refractivity contribution is 5.91. The predicted molar refractivity (Wildman–Crippen MR) is 212 cm³/mol. The Kier molecular flexibility index (Phi) is 15.2. The summed E-state index contributed by atoms with van der Waals surface area (Å²) in [5, 5.41) is 7.19. The molecule has 0 aliphatic carbocycles. The summed E-state index contributed by atoms with van der Waals surface area (Å²) in [6.07, 6.45) is -9.81. The minimum absolute atomic E-state index is 0.0229. The first kappa shape index (κ1) is 45.1. The number of piperazine rings is 2. The second-order valence-electron chi connectivity index (χ2n) is 14.3. The molecule has 334 valence electrons. The minimum atomic E-state index is -3.17. The molecule has 5 amide bonds. The van der Waals surface area contributed by atoms with Crippen LogP contribution in [0.4, 0.5) is 63.5 Å². The number of benzene rings is 3. The largest absolute Gasteiger partial charge is 0.445 e. The standard InChI is InChI=1S/C24H25F3N4O5.C16H19F3N4O3/c25-19-12-17(31-14-18(36-24(31)34)13-28-22(32)21(26)27)6-7-20(19)29-8-10-30(11-9-29)23(33)35-15-16-4-2-1-3-5-16;17-12-7-10(1-2-13(12)22-5-3-20-4-6-22)23-9-11(26-16(23)25)8-21-15(24)14(18)19/h1-7,12,18,21H,8-11,13-15H2,(H,28,32);1-2,7,11,14,20H,3-6,8-9H2,(H,21,24)/t18-;11-/m00/s1. The molecule has 0 aromatic heterocycles. The van der Waals surface area contributed by atoms with Crippen LogP contribution in [0.1, 0.15) is 5.56 Å². The summed E-state index contributed by atoms with van der Waals surface area (Å²) in [7, 11) is 0. The van der Waals surface area contributed by atoms with E-state index in [9.17, 15) is 50.3 Å². The quantitative estimate of drug-likeness (QED) is 0.179. The average molecular weight is 879 g/mol. The molecule has 4 aliphatic rings. The molecule has 16 nitrogen and oxygen atoms in total. The third-order valence-electron chi connectivity index (χ3n) is 10.2. The van der Waals surface area contributed by atoms with E-state index in [0.29, 0.717) is 56.3 Å². The summed E-state index contributed by atoms with van der Waals surface area (Å²) in [4.78, 5) is 66.1. The highest BCUT2D eigenvalue weighted by Crippen LogP contribution is 2.30. The van der Waals surface area contributed by atoms with Crippen molar-refractivity contribution >= 4 is 52.8 Å². The second-order valence-corrected chi connectivity index (χ2v) is 14.3. The molecular weight excluding hydrogens is 834 g/mol. The zero-order valence-electron chi connectivity index (χ0n) is 33.1. The fourth-order valence-corrected chi connectivity index (χ4v) is 6.95. The van der Waals surface area contributed by atoms with E-state index in [1.165, 1.54) is 28.0 Å². The minimum Gasteiger partial charge on any atom is -0.445 e. The van der Waals surface area contributed by atoms with E-state index in [4.69, 9.17) is 14.2 Å². The van der Waals surface area contributed by atoms with Gasteiger partial charge in [0, 0.05) is 52.4 Å². The van der Waals surface area contributed by atoms with Crippen molar-refractivity contribution in [1.29, 1.82) is 0 Å². The van der Waals surface area contributed by atoms with Crippen LogP contribution in [0.5, 0.6) is 0 Å². The molecule has 3 aromatic rings. The number of anilines is 4. The van der Waals surface area contributed by atoms with Crippen LogP contribution in [0.3, 0.4) is 0 Å². The molecule has 0 bridgehead atoms. The average Bonchev–Trinajstić information content (AvgIpc) is 3.85. The molecule has 4 aliphatic heterocycles. The third kappa shape index (κ3) is 11.7. The van der Waals surface area contributed by atoms with Gasteiger partial charge < -0.3 is 44.9 Å². The molecule has 0 saturated carbocycles. The SMILES string of the molecule is O=C(NC[C@H]1CN(c2ccc(N3CCN(C(=O)OCc4ccccc4)CC3)c(F)c2)C(=O)O1)C(F)F.O=C(NC[C@H]1CN(c2ccc(N3CCNCC3)c(F)c2)C(=O)O1)C(F)F. The summed E-state index contributed by atoms with van der Waals surface area (Å²) in [5.74, 6) is -3.89. The molecule has 0 unspecified atom stereocenters. The van der Waals surface area contributed by atoms with Gasteiger partial charge in [0.15, 0.2) is 0 Å². The number of amides is 5. The maximum absolute atomic E-state index is 15.0. The van der Waals surface area contributed by atoms with E-state index in [1.54, 1.807) is 28.0 Å². The van der Waals surface area contributed by atoms with Gasteiger partial charge in [-0.05, 0) is 42.0 Å². The Hall–Kier alpha value is -6.45. The molecule has 2 atom stereocenters. The van der Waals surface area contributed by atoms with E-state index in [1.807, 2.05) is 45.9 Å². The summed E-state index contributed by atoms with van der Waals surface area (Å²) >= 11 is 0. The lowest BCUT2D eigenvalue weighted by Gasteiger charge is -2.35. The lowest BCUT2D eigenvalue weighted by molar-refractivity contribution is -0.132. The monoisotopic (exact) mass is 878 g/mol. The first-order chi connectivity index (χ1) is 29.8. The number of carbonyl (C=O) groups excluding carboxylic acids is 5. The lowest BCUT2D eigenvalue weighted by atomic mass is 10.2. The Morgan fingerprint density at radius 2 is 1.15 bits per heavy atom. The van der Waals surface area contributed by atoms with Crippen molar-refractivity contribution < 1.29 is 64.5 Å². The van der Waals surface area contributed by atoms with Gasteiger partial charge in [-0.1, -0.05) is 30.3 Å². The van der Waals surface area contributed by atoms with Gasteiger partial charge in [-0.2, -0.15) is 17.6 Å². The first-order valence-electron chi connectivity index (χ1n) is 19.6. The van der Waals surface area contributed by atoms with Crippen LogP contribution in [0, 0.1) is 11.6 Å². The normalized spacial score (nSPS) is 18.9. The Bertz CT molecular complexity index is 2060. The number of carbonyl (C=O) groups is 5. The summed E-state index contributed by atoms with van der Waals surface area (Å²) in [6.45, 7) is 4.12. The Morgan fingerprint density at radius 3 is 1.60 bits per heavy atom. The maximum atomic E-state index is 15.0. The molecule has 4 fully saturated rings. The van der Waals surface area contributed by atoms with Gasteiger partial charge in [0.05, 0.1) is 48.9 Å². The lowest BCUT2D eigenvalue weighted by Crippen LogP contribution is -2.49. The molecule has 7 rings (SSSR count). The maximum Gasteiger partial charge on any atom is 0.414 e. The van der Waals surface area contributed by atoms with Crippen molar-refractivity contribution in [3.63, 3.8) is 0 Å². The van der Waals surface area contributed by atoms with E-state index >= 15 is 0 Å². The molecular formula is C40H44F6N8O8. The van der Waals surface area contributed by atoms with E-state index in [0.717, 1.165) is 18.7 Å². The molecule has 62 heavy (non-hydrogen) atoms. The molecule has 3 N–H and O–H groups in total. The molecule has 4 heterocycles. The first-order valence-corrected chi connectivity index (χ1v) is 19.6. The number of hydrogen-bond acceptors (Lipinski definition) is 11. The van der Waals surface area contributed by atoms with Crippen molar-refractivity contribution in [3.8, 4) is 0 Å². The van der Waals surface area contributed by atoms with Crippen LogP contribution in [0.25, 0.3) is 0 Å². The Morgan fingerprint density at radius 1 is 0.677 bits per heavy atom. The summed E-state index contributed by atoms with van der Waals surface area (Å²) < 4.78 is 93.9. The molecule has 22 heteroatoms. The van der Waals surface area contributed by atoms with E-state index in [-0.39, 0.29) is 38.5 Å². The van der Waals surface area contributed by atoms with Crippen LogP contribution in [-0.2, 0) is 30.4 Å². The van der Waals surface area contributed by atoms with Gasteiger partial charge in [-0.15, -0.1) is 0 Å². The number of rotatable bonds is 12. The van der Waals surface area contributed by atoms with Crippen molar-refractivity contribution in [2.24, 2.45) is 0 Å². The topological polar surface area (TPSA) is 165 Å². The van der Waals surface area contributed by atoms with Gasteiger partial charge in [0.25, 0.3) is 11.8 Å². The Balaban J connectivity index is 0.000000218. The van der Waals surface area contributed by atoms with Crippen LogP contribution in [0.15, 0.2) is 66.7 Å². The number of hydrogen-bond donors (Lipinski definition) is 3. The fourth-order valence-electron chi connectivity index (χ4n) is 6.95. The highest BCUT2D eigenvalue weighted by atomic mass is 19.3. The van der Waals surface area contributed by atoms with Crippen molar-refractivity contribution in [2.45, 2.75) is 31.7 Å². The van der Waals surface area contributed by atoms with Crippen LogP contribution in [-0.4, -0.2) is 139 Å². The summed E-state index contributed by atoms with van der Waals surface area (Å²) in [6, 6.07) is 18.1. The smallest absolute Gasteiger partial charge is 0.414 e. The van der Waals surface area contributed by atoms with Crippen LogP contribution < -0.4 is 35.6 Å². The number of nitrogens with one attached hydrogen (secondary N) is 3. The van der Waals surface area contributed by atoms with Gasteiger partial charge in [0.2, 0.25) is 0 Å². The molecule has 3 aromatic carbocycles. The van der Waals surface area contributed by atoms with E-state index < -0.39 is 66.8 Å². The van der Waals surface area contributed by atoms with Crippen LogP contribution in [0.2, 0.25) is 0 Å². The Labute approximate surface area is 351 Å². The van der Waals surface area contributed by atoms with Crippen molar-refractivity contribution in [2.75, 3.05) is 98.1 Å². The van der Waals surface area contributed by atoms with Gasteiger partial charge >= 0.3 is 31.1 Å². The fraction of sp³-hybridized carbons (Fsp3) is 0.425. The molecule has 4 saturated heterocycles. The zero-order chi connectivity index (χ0) is 44.3. The number of halogens is 6. The van der Waals surface area contributed by atoms with Gasteiger partial charge in [-0.3, -0.25) is 19.4 Å². The zero-order valence-corrected chi connectivity index (χ0v) is 33.1. The number of alkyl halides is 4. The highest BCUT2D eigenvalue weighted by Gasteiger charge is 2.35. The number of cyclic esters (lactones) is 2. The molecule has 0 radical (unpaired) electrons. The van der Waals surface area contributed by atoms with E-state index in [2.05, 4.69) is 5.32 Å². The van der Waals surface area contributed by atoms with Crippen molar-refractivity contribution in [3.05, 3.63) is 83.9 Å². The number of ether oxygens (including phenoxy) is 3. The third-order valence-corrected chi connectivity index (χ3v) is 10.2. The second kappa shape index (κ2) is 20.9. The molecule has 0 spiro atoms. The van der Waals surface area contributed by atoms with Crippen molar-refractivity contribution in [1.82, 2.24) is 20.9 Å². The van der Waals surface area contributed by atoms with Gasteiger partial charge in [0.1, 0.15) is 30.4 Å².